The molecule has 2 rings (SSSR count). The van der Waals surface area contributed by atoms with Crippen LogP contribution in [0.4, 0.5) is 0 Å². The van der Waals surface area contributed by atoms with Crippen molar-refractivity contribution in [3.05, 3.63) is 46.5 Å². The monoisotopic (exact) mass is 422 g/mol. The first-order valence-electron chi connectivity index (χ1n) is 10.1. The van der Waals surface area contributed by atoms with E-state index in [-0.39, 0.29) is 12.6 Å². The molecule has 1 N–H and O–H groups in total. The van der Waals surface area contributed by atoms with Crippen LogP contribution >= 0.6 is 11.6 Å². The number of rotatable bonds is 11. The van der Waals surface area contributed by atoms with Crippen LogP contribution in [0.5, 0.6) is 5.75 Å². The lowest BCUT2D eigenvalue weighted by Crippen LogP contribution is -2.30. The van der Waals surface area contributed by atoms with Crippen LogP contribution in [0.3, 0.4) is 0 Å². The van der Waals surface area contributed by atoms with Gasteiger partial charge in [0, 0.05) is 6.42 Å². The van der Waals surface area contributed by atoms with Gasteiger partial charge in [0.2, 0.25) is 0 Å². The summed E-state index contributed by atoms with van der Waals surface area (Å²) in [6.45, 7) is 6.57. The number of aliphatic hydroxyl groups is 1. The molecule has 1 heterocycles. The average molecular weight is 423 g/mol. The first-order chi connectivity index (χ1) is 13.9. The van der Waals surface area contributed by atoms with Crippen LogP contribution in [-0.4, -0.2) is 33.8 Å². The van der Waals surface area contributed by atoms with Crippen molar-refractivity contribution in [2.24, 2.45) is 5.92 Å². The summed E-state index contributed by atoms with van der Waals surface area (Å²) in [6.07, 6.45) is 2.84. The van der Waals surface area contributed by atoms with Crippen molar-refractivity contribution in [3.63, 3.8) is 0 Å². The van der Waals surface area contributed by atoms with E-state index in [9.17, 15) is 9.90 Å². The summed E-state index contributed by atoms with van der Waals surface area (Å²) in [4.78, 5) is 16.4. The number of esters is 1. The van der Waals surface area contributed by atoms with Crippen molar-refractivity contribution in [3.8, 4) is 5.75 Å². The third kappa shape index (κ3) is 6.47. The number of unbranched alkanes of at least 4 members (excludes halogenated alkanes) is 1. The molecule has 0 amide bonds. The minimum atomic E-state index is -0.623. The largest absolute Gasteiger partial charge is 0.479 e. The Morgan fingerprint density at radius 3 is 2.52 bits per heavy atom. The smallest absolute Gasteiger partial charge is 0.347 e. The Bertz CT molecular complexity index is 787. The first kappa shape index (κ1) is 23.2. The van der Waals surface area contributed by atoms with Crippen molar-refractivity contribution in [1.29, 1.82) is 0 Å². The topological polar surface area (TPSA) is 73.6 Å². The average Bonchev–Trinajstić information content (AvgIpc) is 3.01. The second kappa shape index (κ2) is 11.2. The van der Waals surface area contributed by atoms with E-state index in [1.54, 1.807) is 0 Å². The van der Waals surface area contributed by atoms with E-state index < -0.39 is 6.10 Å². The van der Waals surface area contributed by atoms with E-state index in [4.69, 9.17) is 21.1 Å². The highest BCUT2D eigenvalue weighted by molar-refractivity contribution is 6.30. The molecule has 6 nitrogen and oxygen atoms in total. The Hall–Kier alpha value is -2.05. The number of ether oxygens (including phenoxy) is 2. The fourth-order valence-corrected chi connectivity index (χ4v) is 3.35. The Balaban J connectivity index is 2.14. The first-order valence-corrected chi connectivity index (χ1v) is 10.4. The second-order valence-corrected chi connectivity index (χ2v) is 7.87. The summed E-state index contributed by atoms with van der Waals surface area (Å²) in [7, 11) is 1.37. The zero-order valence-electron chi connectivity index (χ0n) is 17.7. The number of benzene rings is 1. The van der Waals surface area contributed by atoms with Gasteiger partial charge in [-0.05, 0) is 36.5 Å². The molecular formula is C22H31ClN2O4. The van der Waals surface area contributed by atoms with Crippen molar-refractivity contribution in [2.75, 3.05) is 7.11 Å². The Kier molecular flexibility index (Phi) is 8.99. The number of nitrogens with zero attached hydrogens (tertiary/aromatic N) is 2. The lowest BCUT2D eigenvalue weighted by atomic mass is 10.1. The number of hydrogen-bond donors (Lipinski definition) is 1. The van der Waals surface area contributed by atoms with Crippen LogP contribution in [0.1, 0.15) is 57.1 Å². The normalized spacial score (nSPS) is 12.2. The molecule has 1 aromatic heterocycles. The molecule has 0 saturated carbocycles. The van der Waals surface area contributed by atoms with Crippen LogP contribution in [-0.2, 0) is 29.1 Å². The molecule has 2 aromatic rings. The van der Waals surface area contributed by atoms with Crippen LogP contribution < -0.4 is 4.74 Å². The number of hydrogen-bond acceptors (Lipinski definition) is 5. The van der Waals surface area contributed by atoms with Crippen molar-refractivity contribution < 1.29 is 19.4 Å². The van der Waals surface area contributed by atoms with E-state index in [0.29, 0.717) is 35.5 Å². The third-order valence-electron chi connectivity index (χ3n) is 4.65. The molecule has 7 heteroatoms. The summed E-state index contributed by atoms with van der Waals surface area (Å²) < 4.78 is 12.6. The highest BCUT2D eigenvalue weighted by atomic mass is 35.5. The molecule has 0 radical (unpaired) electrons. The number of imidazole rings is 1. The molecule has 0 saturated heterocycles. The quantitative estimate of drug-likeness (QED) is 0.544. The molecule has 0 aliphatic carbocycles. The summed E-state index contributed by atoms with van der Waals surface area (Å²) in [5, 5.41) is 9.95. The molecule has 160 valence electrons. The maximum absolute atomic E-state index is 12.0. The van der Waals surface area contributed by atoms with E-state index in [0.717, 1.165) is 30.7 Å². The molecular weight excluding hydrogens is 392 g/mol. The second-order valence-electron chi connectivity index (χ2n) is 7.52. The standard InChI is InChI=1S/C22H31ClN2O4/c1-5-6-7-20-24-18(14-26)21(23)25(20)13-16-8-10-17(11-9-16)29-19(12-15(2)3)22(27)28-4/h8-11,15,19,26H,5-7,12-14H2,1-4H3. The van der Waals surface area contributed by atoms with Gasteiger partial charge in [-0.15, -0.1) is 0 Å². The van der Waals surface area contributed by atoms with Gasteiger partial charge in [0.15, 0.2) is 6.10 Å². The zero-order chi connectivity index (χ0) is 21.4. The summed E-state index contributed by atoms with van der Waals surface area (Å²) in [5.74, 6) is 1.43. The molecule has 0 aliphatic rings. The highest BCUT2D eigenvalue weighted by Gasteiger charge is 2.22. The Labute approximate surface area is 177 Å². The number of aliphatic hydroxyl groups excluding tert-OH is 1. The predicted molar refractivity (Wildman–Crippen MR) is 113 cm³/mol. The minimum Gasteiger partial charge on any atom is -0.479 e. The van der Waals surface area contributed by atoms with Crippen molar-refractivity contribution in [1.82, 2.24) is 9.55 Å². The Morgan fingerprint density at radius 2 is 1.97 bits per heavy atom. The SMILES string of the molecule is CCCCc1nc(CO)c(Cl)n1Cc1ccc(OC(CC(C)C)C(=O)OC)cc1. The van der Waals surface area contributed by atoms with Gasteiger partial charge in [0.05, 0.1) is 20.3 Å². The van der Waals surface area contributed by atoms with Gasteiger partial charge in [0.1, 0.15) is 22.4 Å². The summed E-state index contributed by atoms with van der Waals surface area (Å²) >= 11 is 6.42. The summed E-state index contributed by atoms with van der Waals surface area (Å²) in [5.41, 5.74) is 1.53. The van der Waals surface area contributed by atoms with Gasteiger partial charge in [-0.1, -0.05) is 50.9 Å². The number of carbonyl (C=O) groups excluding carboxylic acids is 1. The lowest BCUT2D eigenvalue weighted by Gasteiger charge is -2.19. The molecule has 0 fully saturated rings. The third-order valence-corrected chi connectivity index (χ3v) is 5.07. The maximum Gasteiger partial charge on any atom is 0.347 e. The van der Waals surface area contributed by atoms with E-state index >= 15 is 0 Å². The maximum atomic E-state index is 12.0. The van der Waals surface area contributed by atoms with Gasteiger partial charge < -0.3 is 19.1 Å². The van der Waals surface area contributed by atoms with Crippen LogP contribution in [0.25, 0.3) is 0 Å². The highest BCUT2D eigenvalue weighted by Crippen LogP contribution is 2.23. The minimum absolute atomic E-state index is 0.178. The van der Waals surface area contributed by atoms with Crippen LogP contribution in [0, 0.1) is 5.92 Å². The number of aromatic nitrogens is 2. The fraction of sp³-hybridized carbons (Fsp3) is 0.545. The zero-order valence-corrected chi connectivity index (χ0v) is 18.4. The molecule has 1 atom stereocenters. The summed E-state index contributed by atoms with van der Waals surface area (Å²) in [6, 6.07) is 7.57. The van der Waals surface area contributed by atoms with E-state index in [1.165, 1.54) is 7.11 Å². The van der Waals surface area contributed by atoms with Crippen molar-refractivity contribution in [2.45, 2.75) is 65.7 Å². The van der Waals surface area contributed by atoms with Gasteiger partial charge in [-0.3, -0.25) is 0 Å². The predicted octanol–water partition coefficient (Wildman–Crippen LogP) is 4.39. The lowest BCUT2D eigenvalue weighted by molar-refractivity contribution is -0.149. The number of aryl methyl sites for hydroxylation is 1. The molecule has 0 aliphatic heterocycles. The van der Waals surface area contributed by atoms with Gasteiger partial charge >= 0.3 is 5.97 Å². The van der Waals surface area contributed by atoms with Crippen LogP contribution in [0.2, 0.25) is 5.15 Å². The molecule has 29 heavy (non-hydrogen) atoms. The van der Waals surface area contributed by atoms with Gasteiger partial charge in [0.25, 0.3) is 0 Å². The molecule has 1 unspecified atom stereocenters. The number of carbonyl (C=O) groups is 1. The molecule has 0 bridgehead atoms. The van der Waals surface area contributed by atoms with Gasteiger partial charge in [-0.2, -0.15) is 0 Å². The molecule has 1 aromatic carbocycles. The van der Waals surface area contributed by atoms with E-state index in [1.807, 2.05) is 42.7 Å². The fourth-order valence-electron chi connectivity index (χ4n) is 3.09. The van der Waals surface area contributed by atoms with Gasteiger partial charge in [-0.25, -0.2) is 9.78 Å². The molecule has 0 spiro atoms. The number of halogens is 1. The van der Waals surface area contributed by atoms with E-state index in [2.05, 4.69) is 11.9 Å². The number of methoxy groups -OCH3 is 1. The van der Waals surface area contributed by atoms with Crippen molar-refractivity contribution >= 4 is 17.6 Å². The van der Waals surface area contributed by atoms with Crippen LogP contribution in [0.15, 0.2) is 24.3 Å². The Morgan fingerprint density at radius 1 is 1.28 bits per heavy atom.